The van der Waals surface area contributed by atoms with Crippen LogP contribution in [0.5, 0.6) is 0 Å². The Morgan fingerprint density at radius 3 is 2.63 bits per heavy atom. The Labute approximate surface area is 249 Å². The lowest BCUT2D eigenvalue weighted by atomic mass is 9.72. The van der Waals surface area contributed by atoms with E-state index in [2.05, 4.69) is 17.1 Å². The summed E-state index contributed by atoms with van der Waals surface area (Å²) >= 11 is 14.1. The molecular weight excluding hydrogens is 591 g/mol. The summed E-state index contributed by atoms with van der Waals surface area (Å²) in [6, 6.07) is 9.82. The maximum absolute atomic E-state index is 15.2. The zero-order valence-corrected chi connectivity index (χ0v) is 24.9. The first-order chi connectivity index (χ1) is 19.4. The molecule has 2 saturated carbocycles. The fourth-order valence-electron chi connectivity index (χ4n) is 6.64. The lowest BCUT2D eigenvalue weighted by Gasteiger charge is -2.42. The zero-order valence-electron chi connectivity index (χ0n) is 22.6. The second kappa shape index (κ2) is 10.3. The van der Waals surface area contributed by atoms with E-state index in [0.29, 0.717) is 49.4 Å². The molecule has 41 heavy (non-hydrogen) atoms. The smallest absolute Gasteiger partial charge is 0.179 e. The van der Waals surface area contributed by atoms with Crippen molar-refractivity contribution in [1.29, 1.82) is 5.26 Å². The third-order valence-electron chi connectivity index (χ3n) is 8.51. The number of thiazole rings is 1. The van der Waals surface area contributed by atoms with Crippen molar-refractivity contribution in [2.24, 2.45) is 17.8 Å². The van der Waals surface area contributed by atoms with Crippen molar-refractivity contribution in [3.8, 4) is 17.3 Å². The molecule has 4 aromatic rings. The van der Waals surface area contributed by atoms with Crippen LogP contribution in [-0.2, 0) is 22.6 Å². The second-order valence-corrected chi connectivity index (χ2v) is 13.4. The molecule has 0 unspecified atom stereocenters. The van der Waals surface area contributed by atoms with Crippen molar-refractivity contribution in [2.45, 2.75) is 64.0 Å². The van der Waals surface area contributed by atoms with Gasteiger partial charge in [0.1, 0.15) is 21.8 Å². The van der Waals surface area contributed by atoms with Gasteiger partial charge in [-0.1, -0.05) is 41.3 Å². The summed E-state index contributed by atoms with van der Waals surface area (Å²) in [6.45, 7) is 4.89. The predicted octanol–water partition coefficient (Wildman–Crippen LogP) is 8.31. The first-order valence-corrected chi connectivity index (χ1v) is 15.0. The summed E-state index contributed by atoms with van der Waals surface area (Å²) in [5, 5.41) is 26.7. The molecule has 0 radical (unpaired) electrons. The highest BCUT2D eigenvalue weighted by molar-refractivity contribution is 7.18. The molecule has 214 valence electrons. The number of alkyl halides is 1. The van der Waals surface area contributed by atoms with Gasteiger partial charge in [0, 0.05) is 5.56 Å². The number of fused-ring (bicyclic) bond motifs is 3. The standard InChI is InChI=1S/C30H27Cl2F2N3O3S/c1-14-7-16-10-17(11-19(14)30(16,38)28-36-26-22(33)8-15(12-35)9-23(26)41-28)39-13-18-25(37-40-27(18)29(2,3)34)24-20(31)5-4-6-21(24)32/h4-6,8-9,14,16-17,19,38H,7,10-11,13H2,1-3H3/t14-,16+,17+,19+,30-/m0/s1. The van der Waals surface area contributed by atoms with Gasteiger partial charge in [0.15, 0.2) is 17.2 Å². The third-order valence-corrected chi connectivity index (χ3v) is 10.3. The molecule has 0 spiro atoms. The van der Waals surface area contributed by atoms with Crippen LogP contribution in [0.2, 0.25) is 10.0 Å². The van der Waals surface area contributed by atoms with Gasteiger partial charge in [-0.05, 0) is 75.1 Å². The second-order valence-electron chi connectivity index (χ2n) is 11.6. The molecule has 6 nitrogen and oxygen atoms in total. The van der Waals surface area contributed by atoms with E-state index in [-0.39, 0.29) is 47.3 Å². The molecule has 1 N–H and O–H groups in total. The maximum Gasteiger partial charge on any atom is 0.179 e. The van der Waals surface area contributed by atoms with Gasteiger partial charge < -0.3 is 14.4 Å². The van der Waals surface area contributed by atoms with Crippen LogP contribution >= 0.6 is 34.5 Å². The van der Waals surface area contributed by atoms with E-state index in [1.807, 2.05) is 6.07 Å². The highest BCUT2D eigenvalue weighted by Crippen LogP contribution is 2.59. The monoisotopic (exact) mass is 617 g/mol. The van der Waals surface area contributed by atoms with Crippen LogP contribution in [0.15, 0.2) is 34.9 Å². The summed E-state index contributed by atoms with van der Waals surface area (Å²) < 4.78 is 42.3. The third kappa shape index (κ3) is 4.74. The number of nitrogens with zero attached hydrogens (tertiary/aromatic N) is 3. The molecule has 2 aliphatic carbocycles. The number of rotatable bonds is 6. The Morgan fingerprint density at radius 2 is 1.98 bits per heavy atom. The van der Waals surface area contributed by atoms with Crippen LogP contribution in [0.1, 0.15) is 61.9 Å². The van der Waals surface area contributed by atoms with Crippen LogP contribution in [0.3, 0.4) is 0 Å². The molecule has 2 heterocycles. The number of aromatic nitrogens is 2. The Hall–Kier alpha value is -2.61. The van der Waals surface area contributed by atoms with Gasteiger partial charge >= 0.3 is 0 Å². The summed E-state index contributed by atoms with van der Waals surface area (Å²) in [7, 11) is 0. The largest absolute Gasteiger partial charge is 0.382 e. The van der Waals surface area contributed by atoms with Crippen LogP contribution in [0, 0.1) is 34.9 Å². The Morgan fingerprint density at radius 1 is 1.24 bits per heavy atom. The lowest BCUT2D eigenvalue weighted by molar-refractivity contribution is -0.120. The van der Waals surface area contributed by atoms with Gasteiger partial charge in [-0.15, -0.1) is 11.3 Å². The number of aliphatic hydroxyl groups is 1. The van der Waals surface area contributed by atoms with Crippen LogP contribution in [-0.4, -0.2) is 21.4 Å². The van der Waals surface area contributed by atoms with Gasteiger partial charge in [0.2, 0.25) is 0 Å². The summed E-state index contributed by atoms with van der Waals surface area (Å²) in [6.07, 6.45) is 1.62. The lowest BCUT2D eigenvalue weighted by Crippen LogP contribution is -2.45. The molecule has 5 atom stereocenters. The van der Waals surface area contributed by atoms with Crippen molar-refractivity contribution >= 4 is 44.8 Å². The number of hydrogen-bond donors (Lipinski definition) is 1. The number of benzene rings is 2. The molecule has 2 bridgehead atoms. The van der Waals surface area contributed by atoms with Crippen LogP contribution < -0.4 is 0 Å². The van der Waals surface area contributed by atoms with Crippen molar-refractivity contribution in [1.82, 2.24) is 10.1 Å². The van der Waals surface area contributed by atoms with Crippen LogP contribution in [0.4, 0.5) is 8.78 Å². The molecule has 2 aromatic heterocycles. The van der Waals surface area contributed by atoms with Crippen molar-refractivity contribution in [3.05, 3.63) is 68.1 Å². The van der Waals surface area contributed by atoms with E-state index in [0.717, 1.165) is 6.42 Å². The molecule has 2 aliphatic rings. The average molecular weight is 619 g/mol. The number of nitriles is 1. The quantitative estimate of drug-likeness (QED) is 0.234. The first kappa shape index (κ1) is 28.5. The van der Waals surface area contributed by atoms with Crippen molar-refractivity contribution in [2.75, 3.05) is 0 Å². The molecule has 2 aromatic carbocycles. The zero-order chi connectivity index (χ0) is 29.3. The van der Waals surface area contributed by atoms with E-state index >= 15 is 4.39 Å². The summed E-state index contributed by atoms with van der Waals surface area (Å²) in [5.41, 5.74) is -1.46. The van der Waals surface area contributed by atoms with E-state index in [1.165, 1.54) is 31.3 Å². The minimum Gasteiger partial charge on any atom is -0.382 e. The number of halogens is 4. The van der Waals surface area contributed by atoms with E-state index in [1.54, 1.807) is 24.3 Å². The molecule has 6 rings (SSSR count). The first-order valence-electron chi connectivity index (χ1n) is 13.4. The van der Waals surface area contributed by atoms with Gasteiger partial charge in [0.05, 0.1) is 44.7 Å². The highest BCUT2D eigenvalue weighted by Gasteiger charge is 2.59. The van der Waals surface area contributed by atoms with E-state index < -0.39 is 17.1 Å². The molecule has 0 amide bonds. The summed E-state index contributed by atoms with van der Waals surface area (Å²) in [4.78, 5) is 4.53. The maximum atomic E-state index is 15.2. The average Bonchev–Trinajstić information content (AvgIpc) is 3.56. The molecule has 11 heteroatoms. The Kier molecular flexibility index (Phi) is 7.15. The molecule has 0 saturated heterocycles. The Balaban J connectivity index is 1.28. The summed E-state index contributed by atoms with van der Waals surface area (Å²) in [5.74, 6) is -0.698. The van der Waals surface area contributed by atoms with Crippen molar-refractivity contribution < 1.29 is 23.1 Å². The van der Waals surface area contributed by atoms with E-state index in [4.69, 9.17) is 32.5 Å². The minimum absolute atomic E-state index is 0.0171. The SMILES string of the molecule is C[C@H]1C[C@@H]2C[C@@H](OCc3c(-c4c(Cl)cccc4Cl)noc3C(C)(C)F)C[C@H]1[C@]2(O)c1nc2c(F)cc(C#N)cc2s1. The topological polar surface area (TPSA) is 92.2 Å². The fourth-order valence-corrected chi connectivity index (χ4v) is 8.47. The normalized spacial score (nSPS) is 26.0. The van der Waals surface area contributed by atoms with Crippen LogP contribution in [0.25, 0.3) is 21.5 Å². The number of ether oxygens (including phenoxy) is 1. The van der Waals surface area contributed by atoms with Gasteiger partial charge in [-0.3, -0.25) is 0 Å². The highest BCUT2D eigenvalue weighted by atomic mass is 35.5. The van der Waals surface area contributed by atoms with Crippen molar-refractivity contribution in [3.63, 3.8) is 0 Å². The fraction of sp³-hybridized carbons (Fsp3) is 0.433. The number of hydrogen-bond acceptors (Lipinski definition) is 7. The van der Waals surface area contributed by atoms with Gasteiger partial charge in [-0.2, -0.15) is 5.26 Å². The molecule has 0 aliphatic heterocycles. The van der Waals surface area contributed by atoms with Gasteiger partial charge in [-0.25, -0.2) is 13.8 Å². The molecule has 2 fully saturated rings. The molecular formula is C30H27Cl2F2N3O3S. The predicted molar refractivity (Wildman–Crippen MR) is 153 cm³/mol. The van der Waals surface area contributed by atoms with Gasteiger partial charge in [0.25, 0.3) is 0 Å². The minimum atomic E-state index is -1.83. The Bertz CT molecular complexity index is 1670. The van der Waals surface area contributed by atoms with E-state index in [9.17, 15) is 14.8 Å².